The molecule has 0 aromatic heterocycles. The van der Waals surface area contributed by atoms with Crippen LogP contribution in [0.2, 0.25) is 0 Å². The van der Waals surface area contributed by atoms with Crippen LogP contribution in [0.5, 0.6) is 0 Å². The highest BCUT2D eigenvalue weighted by Gasteiger charge is 2.34. The number of carbonyl (C=O) groups excluding carboxylic acids is 1. The van der Waals surface area contributed by atoms with E-state index in [2.05, 4.69) is 0 Å². The van der Waals surface area contributed by atoms with Crippen molar-refractivity contribution >= 4 is 15.6 Å². The molecule has 0 fully saturated rings. The normalized spacial score (nSPS) is 12.9. The van der Waals surface area contributed by atoms with E-state index in [9.17, 15) is 17.6 Å². The van der Waals surface area contributed by atoms with Gasteiger partial charge in [0.15, 0.2) is 15.6 Å². The van der Waals surface area contributed by atoms with Gasteiger partial charge >= 0.3 is 0 Å². The summed E-state index contributed by atoms with van der Waals surface area (Å²) in [4.78, 5) is 12.0. The number of benzene rings is 2. The minimum Gasteiger partial charge on any atom is -0.293 e. The molecule has 21 heavy (non-hydrogen) atoms. The fraction of sp³-hybridized carbons (Fsp3) is 0.188. The van der Waals surface area contributed by atoms with Crippen LogP contribution in [0, 0.1) is 5.82 Å². The van der Waals surface area contributed by atoms with E-state index in [1.807, 2.05) is 0 Å². The lowest BCUT2D eigenvalue weighted by Crippen LogP contribution is -2.30. The maximum atomic E-state index is 13.8. The molecule has 2 aromatic rings. The van der Waals surface area contributed by atoms with Crippen molar-refractivity contribution in [1.29, 1.82) is 0 Å². The number of rotatable bonds is 5. The Morgan fingerprint density at radius 1 is 1.05 bits per heavy atom. The van der Waals surface area contributed by atoms with E-state index in [0.29, 0.717) is 5.56 Å². The van der Waals surface area contributed by atoms with Crippen molar-refractivity contribution in [2.45, 2.75) is 23.5 Å². The van der Waals surface area contributed by atoms with Gasteiger partial charge in [-0.1, -0.05) is 49.4 Å². The van der Waals surface area contributed by atoms with Crippen molar-refractivity contribution in [3.63, 3.8) is 0 Å². The van der Waals surface area contributed by atoms with E-state index < -0.39 is 31.6 Å². The van der Waals surface area contributed by atoms with Gasteiger partial charge in [0.2, 0.25) is 0 Å². The van der Waals surface area contributed by atoms with E-state index in [-0.39, 0.29) is 6.42 Å². The zero-order valence-electron chi connectivity index (χ0n) is 11.5. The molecule has 0 spiro atoms. The Bertz CT molecular complexity index is 739. The fourth-order valence-corrected chi connectivity index (χ4v) is 3.93. The predicted octanol–water partition coefficient (Wildman–Crippen LogP) is 3.26. The van der Waals surface area contributed by atoms with Crippen molar-refractivity contribution in [2.75, 3.05) is 0 Å². The molecule has 0 heterocycles. The summed E-state index contributed by atoms with van der Waals surface area (Å²) in [5.74, 6) is -1.35. The first-order valence-electron chi connectivity index (χ1n) is 6.56. The standard InChI is InChI=1S/C16H15FO3S/c1-2-14(16(18)12-8-4-3-5-9-12)21(19,20)15-11-7-6-10-13(15)17/h3-11,14H,2H2,1H3. The Hall–Kier alpha value is -2.01. The van der Waals surface area contributed by atoms with Crippen LogP contribution in [-0.4, -0.2) is 19.5 Å². The summed E-state index contributed by atoms with van der Waals surface area (Å²) in [5, 5.41) is -1.28. The topological polar surface area (TPSA) is 51.2 Å². The van der Waals surface area contributed by atoms with Gasteiger partial charge < -0.3 is 0 Å². The molecule has 0 amide bonds. The van der Waals surface area contributed by atoms with E-state index in [0.717, 1.165) is 6.07 Å². The number of hydrogen-bond acceptors (Lipinski definition) is 3. The lowest BCUT2D eigenvalue weighted by atomic mass is 10.1. The van der Waals surface area contributed by atoms with E-state index >= 15 is 0 Å². The highest BCUT2D eigenvalue weighted by Crippen LogP contribution is 2.24. The van der Waals surface area contributed by atoms with E-state index in [4.69, 9.17) is 0 Å². The molecule has 0 N–H and O–H groups in total. The van der Waals surface area contributed by atoms with Gasteiger partial charge in [-0.15, -0.1) is 0 Å². The van der Waals surface area contributed by atoms with Gasteiger partial charge in [-0.2, -0.15) is 0 Å². The van der Waals surface area contributed by atoms with Crippen LogP contribution in [-0.2, 0) is 9.84 Å². The fourth-order valence-electron chi connectivity index (χ4n) is 2.16. The highest BCUT2D eigenvalue weighted by atomic mass is 32.2. The number of halogens is 1. The first-order chi connectivity index (χ1) is 9.98. The lowest BCUT2D eigenvalue weighted by Gasteiger charge is -2.15. The molecule has 0 aliphatic carbocycles. The Morgan fingerprint density at radius 3 is 2.19 bits per heavy atom. The molecule has 0 saturated carbocycles. The average Bonchev–Trinajstić information content (AvgIpc) is 2.48. The largest absolute Gasteiger partial charge is 0.293 e. The third-order valence-corrected chi connectivity index (χ3v) is 5.48. The first-order valence-corrected chi connectivity index (χ1v) is 8.10. The van der Waals surface area contributed by atoms with Crippen molar-refractivity contribution in [1.82, 2.24) is 0 Å². The second-order valence-electron chi connectivity index (χ2n) is 4.60. The lowest BCUT2D eigenvalue weighted by molar-refractivity contribution is 0.0985. The van der Waals surface area contributed by atoms with Crippen LogP contribution in [0.1, 0.15) is 23.7 Å². The Balaban J connectivity index is 2.46. The maximum Gasteiger partial charge on any atom is 0.191 e. The molecule has 1 atom stereocenters. The van der Waals surface area contributed by atoms with Gasteiger partial charge in [0.1, 0.15) is 16.0 Å². The molecule has 0 aliphatic heterocycles. The summed E-state index contributed by atoms with van der Waals surface area (Å²) >= 11 is 0. The van der Waals surface area contributed by atoms with Crippen LogP contribution in [0.15, 0.2) is 59.5 Å². The van der Waals surface area contributed by atoms with Gasteiger partial charge in [-0.25, -0.2) is 12.8 Å². The summed E-state index contributed by atoms with van der Waals surface area (Å²) in [6.07, 6.45) is 0.0877. The highest BCUT2D eigenvalue weighted by molar-refractivity contribution is 7.92. The minimum atomic E-state index is -4.05. The van der Waals surface area contributed by atoms with Gasteiger partial charge in [0.25, 0.3) is 0 Å². The number of sulfone groups is 1. The van der Waals surface area contributed by atoms with Gasteiger partial charge in [-0.3, -0.25) is 4.79 Å². The molecule has 2 aromatic carbocycles. The zero-order valence-corrected chi connectivity index (χ0v) is 12.3. The molecule has 5 heteroatoms. The van der Waals surface area contributed by atoms with Crippen molar-refractivity contribution < 1.29 is 17.6 Å². The number of carbonyl (C=O) groups is 1. The summed E-state index contributed by atoms with van der Waals surface area (Å²) in [5.41, 5.74) is 0.310. The number of hydrogen-bond donors (Lipinski definition) is 0. The smallest absolute Gasteiger partial charge is 0.191 e. The third-order valence-electron chi connectivity index (χ3n) is 3.24. The summed E-state index contributed by atoms with van der Waals surface area (Å²) in [6, 6.07) is 13.3. The van der Waals surface area contributed by atoms with Gasteiger partial charge in [0.05, 0.1) is 0 Å². The van der Waals surface area contributed by atoms with Crippen molar-refractivity contribution in [3.05, 3.63) is 66.0 Å². The molecular weight excluding hydrogens is 291 g/mol. The van der Waals surface area contributed by atoms with E-state index in [1.165, 1.54) is 18.2 Å². The van der Waals surface area contributed by atoms with Gasteiger partial charge in [0, 0.05) is 5.56 Å². The third kappa shape index (κ3) is 3.03. The molecule has 0 saturated heterocycles. The molecular formula is C16H15FO3S. The van der Waals surface area contributed by atoms with Crippen molar-refractivity contribution in [3.8, 4) is 0 Å². The SMILES string of the molecule is CCC(C(=O)c1ccccc1)S(=O)(=O)c1ccccc1F. The van der Waals surface area contributed by atoms with E-state index in [1.54, 1.807) is 37.3 Å². The summed E-state index contributed by atoms with van der Waals surface area (Å²) < 4.78 is 38.8. The summed E-state index contributed by atoms with van der Waals surface area (Å²) in [6.45, 7) is 1.60. The molecule has 0 radical (unpaired) electrons. The monoisotopic (exact) mass is 306 g/mol. The molecule has 0 aliphatic rings. The van der Waals surface area contributed by atoms with Crippen LogP contribution in [0.25, 0.3) is 0 Å². The first kappa shape index (κ1) is 15.4. The Kier molecular flexibility index (Phi) is 4.53. The average molecular weight is 306 g/mol. The van der Waals surface area contributed by atoms with Crippen LogP contribution in [0.3, 0.4) is 0 Å². The van der Waals surface area contributed by atoms with Crippen LogP contribution < -0.4 is 0 Å². The van der Waals surface area contributed by atoms with Crippen molar-refractivity contribution in [2.24, 2.45) is 0 Å². The van der Waals surface area contributed by atoms with Gasteiger partial charge in [-0.05, 0) is 18.6 Å². The molecule has 0 bridgehead atoms. The second-order valence-corrected chi connectivity index (χ2v) is 6.70. The molecule has 2 rings (SSSR count). The number of Topliss-reactive ketones (excluding diaryl/α,β-unsaturated/α-hetero) is 1. The zero-order chi connectivity index (χ0) is 15.5. The Morgan fingerprint density at radius 2 is 1.62 bits per heavy atom. The van der Waals surface area contributed by atoms with Crippen LogP contribution in [0.4, 0.5) is 4.39 Å². The molecule has 1 unspecified atom stereocenters. The minimum absolute atomic E-state index is 0.0877. The quantitative estimate of drug-likeness (QED) is 0.797. The second kappa shape index (κ2) is 6.18. The maximum absolute atomic E-state index is 13.8. The predicted molar refractivity (Wildman–Crippen MR) is 78.4 cm³/mol. The molecule has 110 valence electrons. The molecule has 3 nitrogen and oxygen atoms in total. The summed E-state index contributed by atoms with van der Waals surface area (Å²) in [7, 11) is -4.05. The Labute approximate surface area is 123 Å². The van der Waals surface area contributed by atoms with Crippen LogP contribution >= 0.6 is 0 Å². The number of ketones is 1.